The van der Waals surface area contributed by atoms with Crippen molar-refractivity contribution in [2.45, 2.75) is 67.6 Å². The van der Waals surface area contributed by atoms with Gasteiger partial charge in [0.2, 0.25) is 0 Å². The third-order valence-electron chi connectivity index (χ3n) is 4.47. The molecule has 0 N–H and O–H groups in total. The summed E-state index contributed by atoms with van der Waals surface area (Å²) in [6.07, 6.45) is -0.269. The summed E-state index contributed by atoms with van der Waals surface area (Å²) in [6, 6.07) is 6.49. The minimum Gasteiger partial charge on any atom is -0.458 e. The highest BCUT2D eigenvalue weighted by molar-refractivity contribution is 5.93. The Labute approximate surface area is 158 Å². The first-order chi connectivity index (χ1) is 12.0. The average molecular weight is 363 g/mol. The van der Waals surface area contributed by atoms with Gasteiger partial charge in [0, 0.05) is 0 Å². The molecule has 26 heavy (non-hydrogen) atoms. The minimum atomic E-state index is -0.362. The van der Waals surface area contributed by atoms with Gasteiger partial charge in [0.1, 0.15) is 12.2 Å². The molecular weight excluding hydrogens is 328 g/mol. The summed E-state index contributed by atoms with van der Waals surface area (Å²) in [7, 11) is 0. The summed E-state index contributed by atoms with van der Waals surface area (Å²) >= 11 is 0. The van der Waals surface area contributed by atoms with Crippen LogP contribution in [0.4, 0.5) is 0 Å². The maximum absolute atomic E-state index is 12.4. The first-order valence-corrected chi connectivity index (χ1v) is 9.56. The van der Waals surface area contributed by atoms with Crippen LogP contribution < -0.4 is 0 Å². The zero-order valence-corrected chi connectivity index (χ0v) is 17.4. The highest BCUT2D eigenvalue weighted by atomic mass is 16.5. The molecule has 1 aromatic rings. The number of benzene rings is 1. The number of rotatable bonds is 8. The summed E-state index contributed by atoms with van der Waals surface area (Å²) in [6.45, 7) is 16.3. The fraction of sp³-hybridized carbons (Fsp3) is 0.636. The standard InChI is InChI=1S/C22H34O4/c1-13(2)19(14(3)4)25-21(23)17-9-11-18(12-10-17)22(24)26-20(15(5)6)16(7)8/h9-16,19-20H,1-8H3. The third-order valence-corrected chi connectivity index (χ3v) is 4.47. The van der Waals surface area contributed by atoms with Crippen molar-refractivity contribution in [1.29, 1.82) is 0 Å². The van der Waals surface area contributed by atoms with Gasteiger partial charge >= 0.3 is 11.9 Å². The van der Waals surface area contributed by atoms with Gasteiger partial charge in [-0.3, -0.25) is 0 Å². The van der Waals surface area contributed by atoms with Gasteiger partial charge in [0.05, 0.1) is 11.1 Å². The van der Waals surface area contributed by atoms with Crippen molar-refractivity contribution in [3.63, 3.8) is 0 Å². The van der Waals surface area contributed by atoms with Gasteiger partial charge in [-0.1, -0.05) is 55.4 Å². The highest BCUT2D eigenvalue weighted by Gasteiger charge is 2.24. The van der Waals surface area contributed by atoms with Crippen molar-refractivity contribution >= 4 is 11.9 Å². The van der Waals surface area contributed by atoms with Gasteiger partial charge in [-0.05, 0) is 47.9 Å². The largest absolute Gasteiger partial charge is 0.458 e. The smallest absolute Gasteiger partial charge is 0.338 e. The van der Waals surface area contributed by atoms with Gasteiger partial charge in [-0.2, -0.15) is 0 Å². The number of hydrogen-bond donors (Lipinski definition) is 0. The molecule has 0 fully saturated rings. The van der Waals surface area contributed by atoms with Crippen LogP contribution in [0.3, 0.4) is 0 Å². The quantitative estimate of drug-likeness (QED) is 0.584. The predicted molar refractivity (Wildman–Crippen MR) is 104 cm³/mol. The van der Waals surface area contributed by atoms with E-state index in [0.717, 1.165) is 0 Å². The monoisotopic (exact) mass is 362 g/mol. The van der Waals surface area contributed by atoms with E-state index in [2.05, 4.69) is 0 Å². The second kappa shape index (κ2) is 9.75. The van der Waals surface area contributed by atoms with Crippen molar-refractivity contribution < 1.29 is 19.1 Å². The van der Waals surface area contributed by atoms with Crippen LogP contribution in [0.2, 0.25) is 0 Å². The molecule has 0 bridgehead atoms. The molecule has 0 aliphatic carbocycles. The average Bonchev–Trinajstić information content (AvgIpc) is 2.55. The van der Waals surface area contributed by atoms with Crippen LogP contribution in [0.15, 0.2) is 24.3 Å². The second-order valence-electron chi connectivity index (χ2n) is 8.29. The topological polar surface area (TPSA) is 52.6 Å². The molecular formula is C22H34O4. The number of carbonyl (C=O) groups excluding carboxylic acids is 2. The Morgan fingerprint density at radius 2 is 0.808 bits per heavy atom. The number of carbonyl (C=O) groups is 2. The number of ether oxygens (including phenoxy) is 2. The van der Waals surface area contributed by atoms with Crippen molar-refractivity contribution in [1.82, 2.24) is 0 Å². The van der Waals surface area contributed by atoms with E-state index in [1.165, 1.54) is 0 Å². The Balaban J connectivity index is 2.81. The fourth-order valence-corrected chi connectivity index (χ4v) is 3.21. The van der Waals surface area contributed by atoms with Crippen LogP contribution in [-0.4, -0.2) is 24.1 Å². The zero-order valence-electron chi connectivity index (χ0n) is 17.4. The Kier molecular flexibility index (Phi) is 8.32. The molecule has 4 nitrogen and oxygen atoms in total. The summed E-state index contributed by atoms with van der Waals surface area (Å²) in [5.74, 6) is 0.267. The lowest BCUT2D eigenvalue weighted by Crippen LogP contribution is -2.29. The van der Waals surface area contributed by atoms with Gasteiger partial charge in [-0.15, -0.1) is 0 Å². The van der Waals surface area contributed by atoms with E-state index >= 15 is 0 Å². The third kappa shape index (κ3) is 6.15. The Morgan fingerprint density at radius 3 is 1.00 bits per heavy atom. The fourth-order valence-electron chi connectivity index (χ4n) is 3.21. The molecule has 0 amide bonds. The van der Waals surface area contributed by atoms with Gasteiger partial charge in [0.25, 0.3) is 0 Å². The normalized spacial score (nSPS) is 11.9. The maximum Gasteiger partial charge on any atom is 0.338 e. The molecule has 0 heterocycles. The number of hydrogen-bond acceptors (Lipinski definition) is 4. The van der Waals surface area contributed by atoms with Crippen LogP contribution in [0.25, 0.3) is 0 Å². The molecule has 4 heteroatoms. The Morgan fingerprint density at radius 1 is 0.577 bits per heavy atom. The molecule has 0 radical (unpaired) electrons. The molecule has 0 atom stereocenters. The van der Waals surface area contributed by atoms with Gasteiger partial charge in [0.15, 0.2) is 0 Å². The molecule has 0 saturated carbocycles. The van der Waals surface area contributed by atoms with Gasteiger partial charge < -0.3 is 9.47 Å². The molecule has 0 aromatic heterocycles. The lowest BCUT2D eigenvalue weighted by Gasteiger charge is -2.25. The summed E-state index contributed by atoms with van der Waals surface area (Å²) in [5.41, 5.74) is 0.884. The molecule has 0 unspecified atom stereocenters. The first-order valence-electron chi connectivity index (χ1n) is 9.56. The van der Waals surface area contributed by atoms with Crippen molar-refractivity contribution in [3.8, 4) is 0 Å². The SMILES string of the molecule is CC(C)C(OC(=O)c1ccc(C(=O)OC(C(C)C)C(C)C)cc1)C(C)C. The van der Waals surface area contributed by atoms with E-state index < -0.39 is 0 Å². The Bertz CT molecular complexity index is 516. The summed E-state index contributed by atoms with van der Waals surface area (Å²) < 4.78 is 11.3. The zero-order chi connectivity index (χ0) is 20.0. The summed E-state index contributed by atoms with van der Waals surface area (Å²) in [4.78, 5) is 24.7. The predicted octanol–water partition coefficient (Wildman–Crippen LogP) is 5.36. The van der Waals surface area contributed by atoms with Crippen LogP contribution in [-0.2, 0) is 9.47 Å². The highest BCUT2D eigenvalue weighted by Crippen LogP contribution is 2.20. The van der Waals surface area contributed by atoms with E-state index in [1.807, 2.05) is 55.4 Å². The van der Waals surface area contributed by atoms with Crippen LogP contribution in [0, 0.1) is 23.7 Å². The maximum atomic E-state index is 12.4. The molecule has 0 aliphatic rings. The molecule has 1 rings (SSSR count). The molecule has 146 valence electrons. The number of esters is 2. The lowest BCUT2D eigenvalue weighted by atomic mass is 9.96. The molecule has 1 aromatic carbocycles. The van der Waals surface area contributed by atoms with Crippen molar-refractivity contribution in [2.24, 2.45) is 23.7 Å². The van der Waals surface area contributed by atoms with Crippen LogP contribution >= 0.6 is 0 Å². The minimum absolute atomic E-state index is 0.134. The first kappa shape index (κ1) is 22.2. The van der Waals surface area contributed by atoms with Crippen molar-refractivity contribution in [2.75, 3.05) is 0 Å². The van der Waals surface area contributed by atoms with Crippen LogP contribution in [0.5, 0.6) is 0 Å². The second-order valence-corrected chi connectivity index (χ2v) is 8.29. The molecule has 0 saturated heterocycles. The molecule has 0 aliphatic heterocycles. The van der Waals surface area contributed by atoms with E-state index in [4.69, 9.17) is 9.47 Å². The van der Waals surface area contributed by atoms with Crippen molar-refractivity contribution in [3.05, 3.63) is 35.4 Å². The Hall–Kier alpha value is -1.84. The van der Waals surface area contributed by atoms with E-state index in [1.54, 1.807) is 24.3 Å². The van der Waals surface area contributed by atoms with E-state index in [0.29, 0.717) is 11.1 Å². The molecule has 0 spiro atoms. The van der Waals surface area contributed by atoms with Gasteiger partial charge in [-0.25, -0.2) is 9.59 Å². The van der Waals surface area contributed by atoms with Crippen LogP contribution in [0.1, 0.15) is 76.1 Å². The van der Waals surface area contributed by atoms with E-state index in [9.17, 15) is 9.59 Å². The van der Waals surface area contributed by atoms with E-state index in [-0.39, 0.29) is 47.8 Å². The summed E-state index contributed by atoms with van der Waals surface area (Å²) in [5, 5.41) is 0. The lowest BCUT2D eigenvalue weighted by molar-refractivity contribution is 0.00217.